The fourth-order valence-corrected chi connectivity index (χ4v) is 0.143. The highest BCUT2D eigenvalue weighted by Crippen LogP contribution is 2.26. The Labute approximate surface area is 98.9 Å². The molecule has 0 aliphatic heterocycles. The summed E-state index contributed by atoms with van der Waals surface area (Å²) < 4.78 is 17.8. The lowest BCUT2D eigenvalue weighted by Crippen LogP contribution is -1.91. The Balaban J connectivity index is -0.000000197. The van der Waals surface area contributed by atoms with Gasteiger partial charge >= 0.3 is 27.6 Å². The summed E-state index contributed by atoms with van der Waals surface area (Å²) >= 11 is 0. The second kappa shape index (κ2) is 9.88. The molecular formula is C4H10O12P2. The summed E-state index contributed by atoms with van der Waals surface area (Å²) in [5, 5.41) is 15.6. The minimum absolute atomic E-state index is 0.558. The van der Waals surface area contributed by atoms with Gasteiger partial charge in [-0.05, 0) is 0 Å². The quantitative estimate of drug-likeness (QED) is 0.201. The molecule has 0 heterocycles. The fraction of sp³-hybridized carbons (Fsp3) is 0. The standard InChI is InChI=1S/C4H4O4.2H3O4P/c5-3(6)1-2-4(7)8;2*1-5(2,3)4/h1-2H,(H,5,6)(H,7,8);2*(H3,1,2,3,4)/b2-1-;;. The molecule has 12 nitrogen and oxygen atoms in total. The summed E-state index contributed by atoms with van der Waals surface area (Å²) in [5.41, 5.74) is 0. The predicted octanol–water partition coefficient (Wildman–Crippen LogP) is -2.15. The molecule has 0 atom stereocenters. The van der Waals surface area contributed by atoms with Crippen LogP contribution in [0.15, 0.2) is 12.2 Å². The number of carboxylic acid groups (broad SMARTS) is 2. The van der Waals surface area contributed by atoms with E-state index in [9.17, 15) is 9.59 Å². The van der Waals surface area contributed by atoms with Crippen LogP contribution in [0.4, 0.5) is 0 Å². The van der Waals surface area contributed by atoms with Crippen molar-refractivity contribution in [2.45, 2.75) is 0 Å². The van der Waals surface area contributed by atoms with Crippen LogP contribution in [0.5, 0.6) is 0 Å². The average molecular weight is 312 g/mol. The van der Waals surface area contributed by atoms with Gasteiger partial charge in [0.2, 0.25) is 0 Å². The largest absolute Gasteiger partial charge is 0.478 e. The molecule has 0 aliphatic carbocycles. The van der Waals surface area contributed by atoms with Crippen molar-refractivity contribution < 1.29 is 58.3 Å². The highest BCUT2D eigenvalue weighted by Gasteiger charge is 2.00. The van der Waals surface area contributed by atoms with E-state index in [2.05, 4.69) is 0 Å². The van der Waals surface area contributed by atoms with Gasteiger partial charge in [0.1, 0.15) is 0 Å². The molecule has 108 valence electrons. The maximum atomic E-state index is 9.55. The summed E-state index contributed by atoms with van der Waals surface area (Å²) in [6.07, 6.45) is 1.12. The molecular weight excluding hydrogens is 302 g/mol. The Bertz CT molecular complexity index is 319. The van der Waals surface area contributed by atoms with E-state index in [0.717, 1.165) is 0 Å². The first-order valence-corrected chi connectivity index (χ1v) is 6.46. The minimum Gasteiger partial charge on any atom is -0.478 e. The Morgan fingerprint density at radius 3 is 0.833 bits per heavy atom. The third kappa shape index (κ3) is 189. The Hall–Kier alpha value is -1.10. The van der Waals surface area contributed by atoms with E-state index in [1.807, 2.05) is 0 Å². The number of rotatable bonds is 2. The summed E-state index contributed by atoms with van der Waals surface area (Å²) in [7, 11) is -9.28. The van der Waals surface area contributed by atoms with Gasteiger partial charge in [-0.3, -0.25) is 0 Å². The Morgan fingerprint density at radius 1 is 0.667 bits per heavy atom. The number of carbonyl (C=O) groups is 2. The van der Waals surface area contributed by atoms with Gasteiger partial charge < -0.3 is 39.6 Å². The van der Waals surface area contributed by atoms with Crippen molar-refractivity contribution in [2.24, 2.45) is 0 Å². The van der Waals surface area contributed by atoms with Crippen LogP contribution in [-0.2, 0) is 18.7 Å². The smallest absolute Gasteiger partial charge is 0.466 e. The van der Waals surface area contributed by atoms with E-state index in [1.165, 1.54) is 0 Å². The Kier molecular flexibility index (Phi) is 12.1. The highest BCUT2D eigenvalue weighted by molar-refractivity contribution is 7.45. The maximum Gasteiger partial charge on any atom is 0.466 e. The molecule has 0 aromatic rings. The van der Waals surface area contributed by atoms with Crippen molar-refractivity contribution in [3.63, 3.8) is 0 Å². The van der Waals surface area contributed by atoms with Gasteiger partial charge in [0, 0.05) is 12.2 Å². The van der Waals surface area contributed by atoms with Crippen LogP contribution in [0.3, 0.4) is 0 Å². The molecule has 0 amide bonds. The monoisotopic (exact) mass is 312 g/mol. The molecule has 0 unspecified atom stereocenters. The second-order valence-corrected chi connectivity index (χ2v) is 4.09. The highest BCUT2D eigenvalue weighted by atomic mass is 31.2. The van der Waals surface area contributed by atoms with Crippen molar-refractivity contribution in [2.75, 3.05) is 0 Å². The van der Waals surface area contributed by atoms with Crippen LogP contribution in [0.25, 0.3) is 0 Å². The van der Waals surface area contributed by atoms with Crippen LogP contribution in [-0.4, -0.2) is 51.5 Å². The second-order valence-electron chi connectivity index (χ2n) is 2.04. The third-order valence-electron chi connectivity index (χ3n) is 0.368. The van der Waals surface area contributed by atoms with Gasteiger partial charge in [-0.15, -0.1) is 0 Å². The predicted molar refractivity (Wildman–Crippen MR) is 52.9 cm³/mol. The first-order valence-electron chi connectivity index (χ1n) is 3.33. The summed E-state index contributed by atoms with van der Waals surface area (Å²) in [6, 6.07) is 0. The molecule has 0 aromatic carbocycles. The molecule has 0 spiro atoms. The van der Waals surface area contributed by atoms with Crippen molar-refractivity contribution in [1.29, 1.82) is 0 Å². The minimum atomic E-state index is -4.64. The summed E-state index contributed by atoms with van der Waals surface area (Å²) in [4.78, 5) is 62.2. The third-order valence-corrected chi connectivity index (χ3v) is 0.368. The van der Waals surface area contributed by atoms with E-state index in [0.29, 0.717) is 12.2 Å². The fourth-order valence-electron chi connectivity index (χ4n) is 0.143. The summed E-state index contributed by atoms with van der Waals surface area (Å²) in [5.74, 6) is -2.51. The maximum absolute atomic E-state index is 9.55. The van der Waals surface area contributed by atoms with Crippen LogP contribution in [0, 0.1) is 0 Å². The first kappa shape index (κ1) is 22.1. The van der Waals surface area contributed by atoms with Crippen LogP contribution < -0.4 is 0 Å². The van der Waals surface area contributed by atoms with Crippen LogP contribution in [0.1, 0.15) is 0 Å². The molecule has 8 N–H and O–H groups in total. The van der Waals surface area contributed by atoms with E-state index in [1.54, 1.807) is 0 Å². The average Bonchev–Trinajstić information content (AvgIpc) is 1.93. The van der Waals surface area contributed by atoms with Crippen LogP contribution in [0.2, 0.25) is 0 Å². The molecule has 0 saturated carbocycles. The molecule has 0 fully saturated rings. The van der Waals surface area contributed by atoms with Crippen molar-refractivity contribution in [1.82, 2.24) is 0 Å². The number of aliphatic carboxylic acids is 2. The van der Waals surface area contributed by atoms with E-state index in [4.69, 9.17) is 48.7 Å². The molecule has 18 heavy (non-hydrogen) atoms. The molecule has 0 radical (unpaired) electrons. The van der Waals surface area contributed by atoms with Crippen LogP contribution >= 0.6 is 15.6 Å². The van der Waals surface area contributed by atoms with Gasteiger partial charge in [0.05, 0.1) is 0 Å². The molecule has 0 aliphatic rings. The zero-order chi connectivity index (χ0) is 15.6. The molecule has 0 saturated heterocycles. The van der Waals surface area contributed by atoms with Gasteiger partial charge in [0.15, 0.2) is 0 Å². The molecule has 0 bridgehead atoms. The first-order chi connectivity index (χ1) is 7.63. The summed E-state index contributed by atoms with van der Waals surface area (Å²) in [6.45, 7) is 0. The normalized spacial score (nSPS) is 10.8. The van der Waals surface area contributed by atoms with Gasteiger partial charge in [-0.25, -0.2) is 18.7 Å². The number of phosphoric acid groups is 2. The van der Waals surface area contributed by atoms with Gasteiger partial charge in [-0.2, -0.15) is 0 Å². The van der Waals surface area contributed by atoms with E-state index >= 15 is 0 Å². The van der Waals surface area contributed by atoms with Crippen molar-refractivity contribution >= 4 is 27.6 Å². The molecule has 0 rings (SSSR count). The molecule has 0 aromatic heterocycles. The zero-order valence-corrected chi connectivity index (χ0v) is 10.0. The lowest BCUT2D eigenvalue weighted by Gasteiger charge is -1.82. The van der Waals surface area contributed by atoms with E-state index in [-0.39, 0.29) is 0 Å². The van der Waals surface area contributed by atoms with Crippen molar-refractivity contribution in [3.8, 4) is 0 Å². The molecule has 14 heteroatoms. The number of hydrogen-bond acceptors (Lipinski definition) is 4. The zero-order valence-electron chi connectivity index (χ0n) is 8.26. The van der Waals surface area contributed by atoms with E-state index < -0.39 is 27.6 Å². The van der Waals surface area contributed by atoms with Gasteiger partial charge in [0.25, 0.3) is 0 Å². The Morgan fingerprint density at radius 2 is 0.778 bits per heavy atom. The van der Waals surface area contributed by atoms with Gasteiger partial charge in [-0.1, -0.05) is 0 Å². The SMILES string of the molecule is O=C(O)/C=C\C(=O)O.O=P(O)(O)O.O=P(O)(O)O. The lowest BCUT2D eigenvalue weighted by atomic mass is 10.5. The lowest BCUT2D eigenvalue weighted by molar-refractivity contribution is -0.134. The van der Waals surface area contributed by atoms with Crippen molar-refractivity contribution in [3.05, 3.63) is 12.2 Å². The number of carboxylic acids is 2. The topological polar surface area (TPSA) is 230 Å². The number of hydrogen-bond donors (Lipinski definition) is 8.